The van der Waals surface area contributed by atoms with Crippen molar-refractivity contribution in [3.8, 4) is 0 Å². The minimum atomic E-state index is 0.357. The summed E-state index contributed by atoms with van der Waals surface area (Å²) >= 11 is 0. The van der Waals surface area contributed by atoms with Crippen molar-refractivity contribution in [2.45, 2.75) is 19.8 Å². The minimum Gasteiger partial charge on any atom is -0.456 e. The normalized spacial score (nSPS) is 12.4. The molecule has 12 aromatic carbocycles. The Morgan fingerprint density at radius 3 is 1.14 bits per heavy atom. The number of furan rings is 4. The van der Waals surface area contributed by atoms with E-state index in [1.54, 1.807) is 0 Å². The second-order valence-electron chi connectivity index (χ2n) is 19.7. The van der Waals surface area contributed by atoms with E-state index in [2.05, 4.69) is 200 Å². The maximum atomic E-state index is 6.98. The Kier molecular flexibility index (Phi) is 8.27. The standard InChI is InChI=1S/C67H42N2O4/c1-38(2)41-33-39-25-29-50-56(68(42-27-31-62-52(35-42)46-15-5-7-21-58(46)70-62)54-19-11-17-48-44-13-3-9-23-60(44)72-66(48)54)37-57(51-30-26-40(34-41)64(39)65(50)51)69(43-28-32-63-53(36-43)47-16-6-8-22-59(47)71-63)55-20-12-18-49-45-14-4-10-24-61(45)73-67(49)55/h3-38H,1-2H3. The highest BCUT2D eigenvalue weighted by Crippen LogP contribution is 2.54. The average Bonchev–Trinajstić information content (AvgIpc) is 4.21. The smallest absolute Gasteiger partial charge is 0.159 e. The number of hydrogen-bond donors (Lipinski definition) is 0. The third-order valence-electron chi connectivity index (χ3n) is 15.3. The Balaban J connectivity index is 1.08. The van der Waals surface area contributed by atoms with Gasteiger partial charge in [-0.2, -0.15) is 0 Å². The van der Waals surface area contributed by atoms with Crippen LogP contribution in [0.3, 0.4) is 0 Å². The van der Waals surface area contributed by atoms with Crippen LogP contribution in [-0.2, 0) is 0 Å². The van der Waals surface area contributed by atoms with Gasteiger partial charge in [-0.25, -0.2) is 0 Å². The number of anilines is 6. The summed E-state index contributed by atoms with van der Waals surface area (Å²) in [6, 6.07) is 75.9. The molecule has 0 fully saturated rings. The van der Waals surface area contributed by atoms with Crippen LogP contribution in [0, 0.1) is 0 Å². The van der Waals surface area contributed by atoms with Crippen molar-refractivity contribution in [3.05, 3.63) is 218 Å². The van der Waals surface area contributed by atoms with E-state index in [9.17, 15) is 0 Å². The molecule has 73 heavy (non-hydrogen) atoms. The Labute approximate surface area is 417 Å². The van der Waals surface area contributed by atoms with Crippen LogP contribution in [0.2, 0.25) is 0 Å². The molecule has 0 aliphatic rings. The van der Waals surface area contributed by atoms with Crippen molar-refractivity contribution in [1.29, 1.82) is 0 Å². The van der Waals surface area contributed by atoms with Crippen molar-refractivity contribution < 1.29 is 17.7 Å². The van der Waals surface area contributed by atoms with Crippen LogP contribution in [0.1, 0.15) is 25.3 Å². The molecule has 344 valence electrons. The van der Waals surface area contributed by atoms with Gasteiger partial charge in [0.1, 0.15) is 33.5 Å². The van der Waals surface area contributed by atoms with Crippen LogP contribution in [0.15, 0.2) is 230 Å². The summed E-state index contributed by atoms with van der Waals surface area (Å²) in [7, 11) is 0. The average molecular weight is 939 g/mol. The first kappa shape index (κ1) is 40.2. The van der Waals surface area contributed by atoms with E-state index in [4.69, 9.17) is 17.7 Å². The molecule has 0 atom stereocenters. The van der Waals surface area contributed by atoms with E-state index < -0.39 is 0 Å². The van der Waals surface area contributed by atoms with Crippen molar-refractivity contribution >= 4 is 154 Å². The zero-order valence-electron chi connectivity index (χ0n) is 39.8. The van der Waals surface area contributed by atoms with Crippen LogP contribution in [0.5, 0.6) is 0 Å². The zero-order chi connectivity index (χ0) is 48.1. The fourth-order valence-electron chi connectivity index (χ4n) is 11.9. The molecule has 0 amide bonds. The van der Waals surface area contributed by atoms with Gasteiger partial charge < -0.3 is 27.5 Å². The van der Waals surface area contributed by atoms with E-state index >= 15 is 0 Å². The second-order valence-corrected chi connectivity index (χ2v) is 19.7. The summed E-state index contributed by atoms with van der Waals surface area (Å²) in [6.07, 6.45) is 0. The molecule has 0 radical (unpaired) electrons. The number of benzene rings is 12. The Bertz CT molecular complexity index is 4630. The van der Waals surface area contributed by atoms with Crippen molar-refractivity contribution in [2.75, 3.05) is 9.80 Å². The molecule has 6 heteroatoms. The Morgan fingerprint density at radius 1 is 0.288 bits per heavy atom. The molecule has 0 saturated carbocycles. The third-order valence-corrected chi connectivity index (χ3v) is 15.3. The van der Waals surface area contributed by atoms with E-state index in [-0.39, 0.29) is 0 Å². The predicted molar refractivity (Wildman–Crippen MR) is 303 cm³/mol. The molecule has 0 N–H and O–H groups in total. The summed E-state index contributed by atoms with van der Waals surface area (Å²) in [5.41, 5.74) is 13.7. The molecule has 0 aliphatic heterocycles. The molecule has 0 aliphatic carbocycles. The maximum Gasteiger partial charge on any atom is 0.159 e. The molecular formula is C67H42N2O4. The first-order chi connectivity index (χ1) is 36.0. The van der Waals surface area contributed by atoms with Gasteiger partial charge in [0.15, 0.2) is 11.2 Å². The van der Waals surface area contributed by atoms with Gasteiger partial charge in [0, 0.05) is 70.6 Å². The lowest BCUT2D eigenvalue weighted by atomic mass is 9.88. The van der Waals surface area contributed by atoms with E-state index in [1.165, 1.54) is 27.1 Å². The summed E-state index contributed by atoms with van der Waals surface area (Å²) in [5, 5.41) is 15.4. The SMILES string of the molecule is CC(C)c1cc2ccc3c(N(c4ccc5oc6ccccc6c5c4)c4cccc5c4oc4ccccc45)cc(N(c4ccc5oc6ccccc6c5c4)c4cccc5c4oc4ccccc45)c4ccc(c1)c2c34. The molecule has 0 unspecified atom stereocenters. The quantitative estimate of drug-likeness (QED) is 0.148. The maximum absolute atomic E-state index is 6.98. The lowest BCUT2D eigenvalue weighted by molar-refractivity contribution is 0.668. The lowest BCUT2D eigenvalue weighted by Crippen LogP contribution is -2.15. The topological polar surface area (TPSA) is 59.0 Å². The lowest BCUT2D eigenvalue weighted by Gasteiger charge is -2.32. The predicted octanol–water partition coefficient (Wildman–Crippen LogP) is 20.2. The molecule has 16 rings (SSSR count). The highest BCUT2D eigenvalue weighted by atomic mass is 16.3. The number of nitrogens with zero attached hydrogens (tertiary/aromatic N) is 2. The van der Waals surface area contributed by atoms with Gasteiger partial charge in [-0.15, -0.1) is 0 Å². The third kappa shape index (κ3) is 5.80. The van der Waals surface area contributed by atoms with Gasteiger partial charge in [0.05, 0.1) is 22.7 Å². The summed E-state index contributed by atoms with van der Waals surface area (Å²) < 4.78 is 26.9. The van der Waals surface area contributed by atoms with Crippen molar-refractivity contribution in [2.24, 2.45) is 0 Å². The number of para-hydroxylation sites is 6. The highest BCUT2D eigenvalue weighted by molar-refractivity contribution is 6.30. The Morgan fingerprint density at radius 2 is 0.685 bits per heavy atom. The van der Waals surface area contributed by atoms with Gasteiger partial charge in [-0.3, -0.25) is 0 Å². The molecule has 4 heterocycles. The van der Waals surface area contributed by atoms with Gasteiger partial charge >= 0.3 is 0 Å². The van der Waals surface area contributed by atoms with E-state index in [1.807, 2.05) is 36.4 Å². The number of hydrogen-bond acceptors (Lipinski definition) is 6. The fourth-order valence-corrected chi connectivity index (χ4v) is 11.9. The van der Waals surface area contributed by atoms with Crippen molar-refractivity contribution in [3.63, 3.8) is 0 Å². The second kappa shape index (κ2) is 15.0. The minimum absolute atomic E-state index is 0.357. The first-order valence-electron chi connectivity index (χ1n) is 25.0. The van der Waals surface area contributed by atoms with Crippen LogP contribution in [-0.4, -0.2) is 0 Å². The zero-order valence-corrected chi connectivity index (χ0v) is 39.8. The van der Waals surface area contributed by atoms with Crippen LogP contribution in [0.25, 0.3) is 120 Å². The van der Waals surface area contributed by atoms with Gasteiger partial charge in [-0.05, 0) is 107 Å². The van der Waals surface area contributed by atoms with E-state index in [0.29, 0.717) is 5.92 Å². The summed E-state index contributed by atoms with van der Waals surface area (Å²) in [4.78, 5) is 4.82. The fraction of sp³-hybridized carbons (Fsp3) is 0.0448. The molecule has 0 saturated heterocycles. The van der Waals surface area contributed by atoms with Crippen molar-refractivity contribution in [1.82, 2.24) is 0 Å². The molecule has 0 spiro atoms. The highest BCUT2D eigenvalue weighted by Gasteiger charge is 2.29. The van der Waals surface area contributed by atoms with Crippen LogP contribution >= 0.6 is 0 Å². The van der Waals surface area contributed by atoms with Gasteiger partial charge in [0.25, 0.3) is 0 Å². The Hall–Kier alpha value is -9.52. The molecular weight excluding hydrogens is 897 g/mol. The number of fused-ring (bicyclic) bond motifs is 12. The van der Waals surface area contributed by atoms with Gasteiger partial charge in [-0.1, -0.05) is 147 Å². The molecule has 0 bridgehead atoms. The number of rotatable bonds is 7. The summed E-state index contributed by atoms with van der Waals surface area (Å²) in [6.45, 7) is 4.55. The molecule has 6 nitrogen and oxygen atoms in total. The largest absolute Gasteiger partial charge is 0.456 e. The molecule has 4 aromatic heterocycles. The van der Waals surface area contributed by atoms with E-state index in [0.717, 1.165) is 133 Å². The monoisotopic (exact) mass is 938 g/mol. The van der Waals surface area contributed by atoms with Gasteiger partial charge in [0.2, 0.25) is 0 Å². The summed E-state index contributed by atoms with van der Waals surface area (Å²) in [5.74, 6) is 0.357. The van der Waals surface area contributed by atoms with Crippen LogP contribution in [0.4, 0.5) is 34.1 Å². The van der Waals surface area contributed by atoms with Crippen LogP contribution < -0.4 is 9.80 Å². The first-order valence-corrected chi connectivity index (χ1v) is 25.0. The molecule has 16 aromatic rings.